The molecule has 4 heteroatoms. The summed E-state index contributed by atoms with van der Waals surface area (Å²) in [6, 6.07) is 5.69. The molecule has 1 unspecified atom stereocenters. The van der Waals surface area contributed by atoms with Crippen molar-refractivity contribution in [3.05, 3.63) is 29.3 Å². The van der Waals surface area contributed by atoms with Crippen LogP contribution in [0.5, 0.6) is 5.75 Å². The summed E-state index contributed by atoms with van der Waals surface area (Å²) in [5, 5.41) is 0.916. The number of halogens is 1. The van der Waals surface area contributed by atoms with Gasteiger partial charge in [-0.15, -0.1) is 0 Å². The molecule has 19 heavy (non-hydrogen) atoms. The Morgan fingerprint density at radius 2 is 2.21 bits per heavy atom. The van der Waals surface area contributed by atoms with E-state index in [9.17, 15) is 4.79 Å². The number of cyclic esters (lactones) is 1. The molecule has 0 aromatic heterocycles. The molecule has 1 heterocycles. The predicted molar refractivity (Wildman–Crippen MR) is 78.0 cm³/mol. The molecule has 0 N–H and O–H groups in total. The van der Waals surface area contributed by atoms with Gasteiger partial charge in [0.25, 0.3) is 0 Å². The van der Waals surface area contributed by atoms with Gasteiger partial charge >= 0.3 is 5.97 Å². The Morgan fingerprint density at radius 1 is 1.37 bits per heavy atom. The third-order valence-electron chi connectivity index (χ3n) is 3.21. The van der Waals surface area contributed by atoms with Gasteiger partial charge in [-0.2, -0.15) is 0 Å². The number of rotatable bonds is 7. The number of esters is 1. The molecule has 3 nitrogen and oxygen atoms in total. The lowest BCUT2D eigenvalue weighted by Gasteiger charge is -2.10. The van der Waals surface area contributed by atoms with Gasteiger partial charge in [-0.1, -0.05) is 35.3 Å². The molecule has 0 saturated heterocycles. The quantitative estimate of drug-likeness (QED) is 0.427. The second-order valence-electron chi connectivity index (χ2n) is 4.68. The number of benzene rings is 1. The van der Waals surface area contributed by atoms with E-state index in [2.05, 4.69) is 22.9 Å². The summed E-state index contributed by atoms with van der Waals surface area (Å²) in [6.45, 7) is 2.79. The van der Waals surface area contributed by atoms with Crippen molar-refractivity contribution >= 4 is 21.9 Å². The van der Waals surface area contributed by atoms with Gasteiger partial charge in [-0.25, -0.2) is 4.79 Å². The average molecular weight is 327 g/mol. The fourth-order valence-electron chi connectivity index (χ4n) is 2.19. The molecule has 0 amide bonds. The smallest absolute Gasteiger partial charge is 0.339 e. The van der Waals surface area contributed by atoms with Crippen LogP contribution < -0.4 is 4.74 Å². The molecular formula is C15H19BrO3. The van der Waals surface area contributed by atoms with Gasteiger partial charge in [0, 0.05) is 10.9 Å². The van der Waals surface area contributed by atoms with Crippen LogP contribution in [0.4, 0.5) is 0 Å². The zero-order valence-electron chi connectivity index (χ0n) is 11.2. The number of hydrogen-bond donors (Lipinski definition) is 0. The van der Waals surface area contributed by atoms with Crippen LogP contribution in [0.3, 0.4) is 0 Å². The van der Waals surface area contributed by atoms with Crippen LogP contribution in [0.25, 0.3) is 0 Å². The molecule has 0 radical (unpaired) electrons. The minimum Gasteiger partial charge on any atom is -0.494 e. The van der Waals surface area contributed by atoms with E-state index in [1.807, 2.05) is 12.1 Å². The van der Waals surface area contributed by atoms with E-state index in [4.69, 9.17) is 9.47 Å². The molecule has 1 aliphatic rings. The van der Waals surface area contributed by atoms with Crippen LogP contribution in [0.1, 0.15) is 54.6 Å². The Labute approximate surface area is 122 Å². The highest BCUT2D eigenvalue weighted by atomic mass is 79.9. The number of unbranched alkanes of at least 4 members (excludes halogenated alkanes) is 1. The highest BCUT2D eigenvalue weighted by Crippen LogP contribution is 2.36. The molecular weight excluding hydrogens is 308 g/mol. The zero-order chi connectivity index (χ0) is 13.7. The summed E-state index contributed by atoms with van der Waals surface area (Å²) in [5.74, 6) is 0.523. The van der Waals surface area contributed by atoms with E-state index in [-0.39, 0.29) is 12.1 Å². The number of fused-ring (bicyclic) bond motifs is 1. The first-order valence-corrected chi connectivity index (χ1v) is 7.92. The van der Waals surface area contributed by atoms with Gasteiger partial charge in [0.05, 0.1) is 12.2 Å². The van der Waals surface area contributed by atoms with Crippen molar-refractivity contribution < 1.29 is 14.3 Å². The molecule has 1 aromatic carbocycles. The molecule has 2 rings (SSSR count). The van der Waals surface area contributed by atoms with Gasteiger partial charge in [0.1, 0.15) is 11.9 Å². The molecule has 0 aliphatic carbocycles. The summed E-state index contributed by atoms with van der Waals surface area (Å²) < 4.78 is 11.0. The summed E-state index contributed by atoms with van der Waals surface area (Å²) in [5.41, 5.74) is 1.67. The third kappa shape index (κ3) is 3.50. The fourth-order valence-corrected chi connectivity index (χ4v) is 2.42. The Kier molecular flexibility index (Phi) is 5.25. The van der Waals surface area contributed by atoms with Crippen molar-refractivity contribution in [1.82, 2.24) is 0 Å². The van der Waals surface area contributed by atoms with Gasteiger partial charge in [-0.3, -0.25) is 0 Å². The van der Waals surface area contributed by atoms with Crippen molar-refractivity contribution in [2.45, 2.75) is 38.7 Å². The lowest BCUT2D eigenvalue weighted by Crippen LogP contribution is -1.99. The largest absolute Gasteiger partial charge is 0.494 e. The van der Waals surface area contributed by atoms with Gasteiger partial charge < -0.3 is 9.47 Å². The highest BCUT2D eigenvalue weighted by molar-refractivity contribution is 9.09. The molecule has 0 fully saturated rings. The Morgan fingerprint density at radius 3 is 2.95 bits per heavy atom. The second kappa shape index (κ2) is 6.94. The van der Waals surface area contributed by atoms with Crippen molar-refractivity contribution in [3.63, 3.8) is 0 Å². The Balaban J connectivity index is 2.07. The number of hydrogen-bond acceptors (Lipinski definition) is 3. The SMILES string of the molecule is CCCCC1OC(=O)c2cc(OCCCBr)ccc21. The highest BCUT2D eigenvalue weighted by Gasteiger charge is 2.30. The van der Waals surface area contributed by atoms with E-state index in [0.717, 1.165) is 42.3 Å². The maximum Gasteiger partial charge on any atom is 0.339 e. The summed E-state index contributed by atoms with van der Waals surface area (Å²) >= 11 is 3.36. The standard InChI is InChI=1S/C15H19BrO3/c1-2-3-5-14-12-7-6-11(18-9-4-8-16)10-13(12)15(17)19-14/h6-7,10,14H,2-5,8-9H2,1H3. The van der Waals surface area contributed by atoms with Crippen molar-refractivity contribution in [2.24, 2.45) is 0 Å². The molecule has 104 valence electrons. The predicted octanol–water partition coefficient (Wildman–Crippen LogP) is 4.25. The van der Waals surface area contributed by atoms with Gasteiger partial charge in [-0.05, 0) is 31.4 Å². The normalized spacial score (nSPS) is 17.2. The zero-order valence-corrected chi connectivity index (χ0v) is 12.7. The third-order valence-corrected chi connectivity index (χ3v) is 3.77. The molecule has 0 spiro atoms. The number of alkyl halides is 1. The van der Waals surface area contributed by atoms with Crippen LogP contribution in [0.2, 0.25) is 0 Å². The van der Waals surface area contributed by atoms with Crippen LogP contribution >= 0.6 is 15.9 Å². The van der Waals surface area contributed by atoms with Crippen LogP contribution in [0.15, 0.2) is 18.2 Å². The Hall–Kier alpha value is -1.03. The molecule has 1 aromatic rings. The maximum absolute atomic E-state index is 11.8. The first-order valence-electron chi connectivity index (χ1n) is 6.80. The number of carbonyl (C=O) groups is 1. The lowest BCUT2D eigenvalue weighted by molar-refractivity contribution is 0.0364. The fraction of sp³-hybridized carbons (Fsp3) is 0.533. The number of carbonyl (C=O) groups excluding carboxylic acids is 1. The molecule has 0 saturated carbocycles. The van der Waals surface area contributed by atoms with Crippen molar-refractivity contribution in [2.75, 3.05) is 11.9 Å². The van der Waals surface area contributed by atoms with Crippen LogP contribution in [0, 0.1) is 0 Å². The molecule has 0 bridgehead atoms. The van der Waals surface area contributed by atoms with E-state index < -0.39 is 0 Å². The van der Waals surface area contributed by atoms with Gasteiger partial charge in [0.2, 0.25) is 0 Å². The summed E-state index contributed by atoms with van der Waals surface area (Å²) in [6.07, 6.45) is 3.96. The number of ether oxygens (including phenoxy) is 2. The monoisotopic (exact) mass is 326 g/mol. The maximum atomic E-state index is 11.8. The Bertz CT molecular complexity index is 445. The summed E-state index contributed by atoms with van der Waals surface area (Å²) in [7, 11) is 0. The van der Waals surface area contributed by atoms with Crippen molar-refractivity contribution in [1.29, 1.82) is 0 Å². The summed E-state index contributed by atoms with van der Waals surface area (Å²) in [4.78, 5) is 11.8. The van der Waals surface area contributed by atoms with E-state index >= 15 is 0 Å². The second-order valence-corrected chi connectivity index (χ2v) is 5.47. The minimum atomic E-state index is -0.220. The van der Waals surface area contributed by atoms with E-state index in [1.165, 1.54) is 0 Å². The first-order chi connectivity index (χ1) is 9.26. The van der Waals surface area contributed by atoms with E-state index in [0.29, 0.717) is 12.2 Å². The minimum absolute atomic E-state index is 0.0703. The molecule has 1 aliphatic heterocycles. The van der Waals surface area contributed by atoms with Crippen LogP contribution in [-0.4, -0.2) is 17.9 Å². The van der Waals surface area contributed by atoms with Gasteiger partial charge in [0.15, 0.2) is 0 Å². The molecule has 1 atom stereocenters. The first kappa shape index (κ1) is 14.4. The van der Waals surface area contributed by atoms with Crippen LogP contribution in [-0.2, 0) is 4.74 Å². The lowest BCUT2D eigenvalue weighted by atomic mass is 10.0. The van der Waals surface area contributed by atoms with E-state index in [1.54, 1.807) is 6.07 Å². The average Bonchev–Trinajstić information content (AvgIpc) is 2.73. The topological polar surface area (TPSA) is 35.5 Å². The van der Waals surface area contributed by atoms with Crippen molar-refractivity contribution in [3.8, 4) is 5.75 Å².